The van der Waals surface area contributed by atoms with Gasteiger partial charge in [0, 0.05) is 12.6 Å². The maximum Gasteiger partial charge on any atom is 0.315 e. The largest absolute Gasteiger partial charge is 0.508 e. The zero-order chi connectivity index (χ0) is 15.2. The molecular formula is C16H25N3O2. The molecule has 3 N–H and O–H groups in total. The van der Waals surface area contributed by atoms with Crippen LogP contribution >= 0.6 is 0 Å². The molecule has 1 aromatic rings. The van der Waals surface area contributed by atoms with Crippen LogP contribution in [0.25, 0.3) is 0 Å². The number of phenolic OH excluding ortho intramolecular Hbond substituents is 1. The first-order valence-electron chi connectivity index (χ1n) is 7.66. The van der Waals surface area contributed by atoms with E-state index in [0.717, 1.165) is 38.0 Å². The molecule has 2 rings (SSSR count). The first-order valence-corrected chi connectivity index (χ1v) is 7.66. The molecule has 0 aliphatic carbocycles. The third-order valence-corrected chi connectivity index (χ3v) is 4.01. The maximum absolute atomic E-state index is 12.1. The van der Waals surface area contributed by atoms with Crippen LogP contribution in [0.15, 0.2) is 24.3 Å². The van der Waals surface area contributed by atoms with Crippen molar-refractivity contribution in [3.8, 4) is 5.75 Å². The Labute approximate surface area is 126 Å². The molecule has 21 heavy (non-hydrogen) atoms. The van der Waals surface area contributed by atoms with E-state index in [-0.39, 0.29) is 23.9 Å². The molecule has 1 saturated heterocycles. The molecular weight excluding hydrogens is 266 g/mol. The van der Waals surface area contributed by atoms with E-state index in [0.29, 0.717) is 0 Å². The SMILES string of the molecule is CCN1CCC[C@@H](NC(=O)N[C@@H](C)c2cccc(O)c2)C1. The van der Waals surface area contributed by atoms with Gasteiger partial charge in [-0.15, -0.1) is 0 Å². The summed E-state index contributed by atoms with van der Waals surface area (Å²) < 4.78 is 0. The Bertz CT molecular complexity index is 478. The Hall–Kier alpha value is -1.75. The summed E-state index contributed by atoms with van der Waals surface area (Å²) in [6.07, 6.45) is 2.16. The number of amides is 2. The van der Waals surface area contributed by atoms with Crippen LogP contribution in [0.4, 0.5) is 4.79 Å². The third-order valence-electron chi connectivity index (χ3n) is 4.01. The quantitative estimate of drug-likeness (QED) is 0.797. The van der Waals surface area contributed by atoms with Crippen molar-refractivity contribution >= 4 is 6.03 Å². The summed E-state index contributed by atoms with van der Waals surface area (Å²) in [6, 6.07) is 6.90. The van der Waals surface area contributed by atoms with Crippen molar-refractivity contribution in [1.82, 2.24) is 15.5 Å². The molecule has 5 nitrogen and oxygen atoms in total. The van der Waals surface area contributed by atoms with Crippen LogP contribution in [0.3, 0.4) is 0 Å². The maximum atomic E-state index is 12.1. The molecule has 0 bridgehead atoms. The first-order chi connectivity index (χ1) is 10.1. The van der Waals surface area contributed by atoms with Crippen LogP contribution in [0.5, 0.6) is 5.75 Å². The predicted molar refractivity (Wildman–Crippen MR) is 83.3 cm³/mol. The second kappa shape index (κ2) is 7.31. The fraction of sp³-hybridized carbons (Fsp3) is 0.562. The fourth-order valence-electron chi connectivity index (χ4n) is 2.76. The topological polar surface area (TPSA) is 64.6 Å². The lowest BCUT2D eigenvalue weighted by molar-refractivity contribution is 0.191. The molecule has 0 saturated carbocycles. The van der Waals surface area contributed by atoms with Crippen LogP contribution in [0.2, 0.25) is 0 Å². The lowest BCUT2D eigenvalue weighted by atomic mass is 10.1. The summed E-state index contributed by atoms with van der Waals surface area (Å²) in [7, 11) is 0. The van der Waals surface area contributed by atoms with E-state index in [4.69, 9.17) is 0 Å². The average molecular weight is 291 g/mol. The number of benzene rings is 1. The monoisotopic (exact) mass is 291 g/mol. The Morgan fingerprint density at radius 3 is 3.05 bits per heavy atom. The van der Waals surface area contributed by atoms with Crippen molar-refractivity contribution in [2.75, 3.05) is 19.6 Å². The molecule has 0 spiro atoms. The highest BCUT2D eigenvalue weighted by Crippen LogP contribution is 2.17. The van der Waals surface area contributed by atoms with Gasteiger partial charge in [0.05, 0.1) is 6.04 Å². The Morgan fingerprint density at radius 1 is 1.52 bits per heavy atom. The van der Waals surface area contributed by atoms with Crippen LogP contribution in [-0.2, 0) is 0 Å². The van der Waals surface area contributed by atoms with E-state index < -0.39 is 0 Å². The van der Waals surface area contributed by atoms with E-state index in [1.54, 1.807) is 18.2 Å². The van der Waals surface area contributed by atoms with Crippen LogP contribution < -0.4 is 10.6 Å². The lowest BCUT2D eigenvalue weighted by Crippen LogP contribution is -2.50. The van der Waals surface area contributed by atoms with Crippen molar-refractivity contribution in [2.24, 2.45) is 0 Å². The number of carbonyl (C=O) groups is 1. The molecule has 1 aliphatic heterocycles. The lowest BCUT2D eigenvalue weighted by Gasteiger charge is -2.32. The van der Waals surface area contributed by atoms with Gasteiger partial charge in [0.25, 0.3) is 0 Å². The van der Waals surface area contributed by atoms with E-state index in [2.05, 4.69) is 22.5 Å². The number of phenols is 1. The molecule has 1 heterocycles. The van der Waals surface area contributed by atoms with Gasteiger partial charge in [0.1, 0.15) is 5.75 Å². The number of carbonyl (C=O) groups excluding carboxylic acids is 1. The van der Waals surface area contributed by atoms with Crippen molar-refractivity contribution in [1.29, 1.82) is 0 Å². The van der Waals surface area contributed by atoms with Crippen molar-refractivity contribution in [3.63, 3.8) is 0 Å². The van der Waals surface area contributed by atoms with Crippen molar-refractivity contribution in [3.05, 3.63) is 29.8 Å². The van der Waals surface area contributed by atoms with Crippen LogP contribution in [0, 0.1) is 0 Å². The molecule has 0 radical (unpaired) electrons. The summed E-state index contributed by atoms with van der Waals surface area (Å²) in [5.74, 6) is 0.215. The molecule has 2 atom stereocenters. The van der Waals surface area contributed by atoms with E-state index in [1.807, 2.05) is 13.0 Å². The summed E-state index contributed by atoms with van der Waals surface area (Å²) in [5, 5.41) is 15.4. The molecule has 2 amide bonds. The van der Waals surface area contributed by atoms with Gasteiger partial charge < -0.3 is 20.6 Å². The number of rotatable bonds is 4. The van der Waals surface area contributed by atoms with Gasteiger partial charge >= 0.3 is 6.03 Å². The molecule has 116 valence electrons. The minimum absolute atomic E-state index is 0.136. The summed E-state index contributed by atoms with van der Waals surface area (Å²) >= 11 is 0. The number of nitrogens with one attached hydrogen (secondary N) is 2. The smallest absolute Gasteiger partial charge is 0.315 e. The van der Waals surface area contributed by atoms with Gasteiger partial charge in [-0.25, -0.2) is 4.79 Å². The Balaban J connectivity index is 1.84. The van der Waals surface area contributed by atoms with Crippen molar-refractivity contribution in [2.45, 2.75) is 38.8 Å². The average Bonchev–Trinajstić information content (AvgIpc) is 2.47. The molecule has 0 unspecified atom stereocenters. The van der Waals surface area contributed by atoms with Crippen LogP contribution in [-0.4, -0.2) is 41.7 Å². The number of likely N-dealkylation sites (tertiary alicyclic amines) is 1. The van der Waals surface area contributed by atoms with Gasteiger partial charge in [-0.2, -0.15) is 0 Å². The number of aromatic hydroxyl groups is 1. The molecule has 5 heteroatoms. The zero-order valence-corrected chi connectivity index (χ0v) is 12.8. The van der Waals surface area contributed by atoms with Gasteiger partial charge in [-0.05, 0) is 50.6 Å². The number of urea groups is 1. The molecule has 1 fully saturated rings. The number of likely N-dealkylation sites (N-methyl/N-ethyl adjacent to an activating group) is 1. The summed E-state index contributed by atoms with van der Waals surface area (Å²) in [4.78, 5) is 14.4. The molecule has 1 aromatic carbocycles. The normalized spacial score (nSPS) is 20.8. The summed E-state index contributed by atoms with van der Waals surface area (Å²) in [5.41, 5.74) is 0.893. The third kappa shape index (κ3) is 4.63. The number of hydrogen-bond donors (Lipinski definition) is 3. The van der Waals surface area contributed by atoms with Gasteiger partial charge in [-0.1, -0.05) is 19.1 Å². The van der Waals surface area contributed by atoms with Gasteiger partial charge in [0.2, 0.25) is 0 Å². The van der Waals surface area contributed by atoms with E-state index in [9.17, 15) is 9.90 Å². The van der Waals surface area contributed by atoms with E-state index in [1.165, 1.54) is 0 Å². The number of nitrogens with zero attached hydrogens (tertiary/aromatic N) is 1. The second-order valence-corrected chi connectivity index (χ2v) is 5.67. The fourth-order valence-corrected chi connectivity index (χ4v) is 2.76. The van der Waals surface area contributed by atoms with Crippen molar-refractivity contribution < 1.29 is 9.90 Å². The Kier molecular flexibility index (Phi) is 5.44. The second-order valence-electron chi connectivity index (χ2n) is 5.67. The highest BCUT2D eigenvalue weighted by atomic mass is 16.3. The predicted octanol–water partition coefficient (Wildman–Crippen LogP) is 2.24. The van der Waals surface area contributed by atoms with Crippen LogP contribution in [0.1, 0.15) is 38.3 Å². The number of piperidine rings is 1. The first kappa shape index (κ1) is 15.6. The highest BCUT2D eigenvalue weighted by Gasteiger charge is 2.20. The number of hydrogen-bond acceptors (Lipinski definition) is 3. The van der Waals surface area contributed by atoms with E-state index >= 15 is 0 Å². The Morgan fingerprint density at radius 2 is 2.33 bits per heavy atom. The molecule has 1 aliphatic rings. The minimum Gasteiger partial charge on any atom is -0.508 e. The highest BCUT2D eigenvalue weighted by molar-refractivity contribution is 5.74. The minimum atomic E-state index is -0.145. The molecule has 0 aromatic heterocycles. The zero-order valence-electron chi connectivity index (χ0n) is 12.8. The summed E-state index contributed by atoms with van der Waals surface area (Å²) in [6.45, 7) is 7.12. The standard InChI is InChI=1S/C16H25N3O2/c1-3-19-9-5-7-14(11-19)18-16(21)17-12(2)13-6-4-8-15(20)10-13/h4,6,8,10,12,14,20H,3,5,7,9,11H2,1-2H3,(H2,17,18,21)/t12-,14+/m0/s1. The van der Waals surface area contributed by atoms with Gasteiger partial charge in [0.15, 0.2) is 0 Å². The van der Waals surface area contributed by atoms with Gasteiger partial charge in [-0.3, -0.25) is 0 Å².